The molecule has 0 fully saturated rings. The number of aryl methyl sites for hydroxylation is 1. The van der Waals surface area contributed by atoms with Crippen LogP contribution in [0.2, 0.25) is 5.02 Å². The van der Waals surface area contributed by atoms with Crippen LogP contribution in [0.15, 0.2) is 59.5 Å². The second kappa shape index (κ2) is 8.35. The molecule has 0 saturated heterocycles. The highest BCUT2D eigenvalue weighted by molar-refractivity contribution is 6.30. The highest BCUT2D eigenvalue weighted by atomic mass is 35.5. The second-order valence-corrected chi connectivity index (χ2v) is 7.18. The summed E-state index contributed by atoms with van der Waals surface area (Å²) < 4.78 is 1.71. The van der Waals surface area contributed by atoms with Gasteiger partial charge in [-0.25, -0.2) is 0 Å². The SMILES string of the molecule is CC(C)N(Cc1cccc(Cl)c1)C(=O)CCn1ncc(=O)c2ccccc21. The number of para-hydroxylation sites is 1. The predicted molar refractivity (Wildman–Crippen MR) is 108 cm³/mol. The number of hydrogen-bond acceptors (Lipinski definition) is 3. The second-order valence-electron chi connectivity index (χ2n) is 6.74. The molecule has 1 amide bonds. The summed E-state index contributed by atoms with van der Waals surface area (Å²) >= 11 is 6.06. The maximum atomic E-state index is 12.8. The maximum Gasteiger partial charge on any atom is 0.224 e. The van der Waals surface area contributed by atoms with Crippen LogP contribution in [-0.4, -0.2) is 26.6 Å². The Bertz CT molecular complexity index is 1010. The summed E-state index contributed by atoms with van der Waals surface area (Å²) in [6.45, 7) is 4.92. The minimum atomic E-state index is -0.113. The fourth-order valence-corrected chi connectivity index (χ4v) is 3.29. The largest absolute Gasteiger partial charge is 0.336 e. The Kier molecular flexibility index (Phi) is 5.91. The van der Waals surface area contributed by atoms with Gasteiger partial charge in [0.05, 0.1) is 18.3 Å². The van der Waals surface area contributed by atoms with Crippen LogP contribution < -0.4 is 5.43 Å². The van der Waals surface area contributed by atoms with Crippen LogP contribution in [0.5, 0.6) is 0 Å². The lowest BCUT2D eigenvalue weighted by atomic mass is 10.1. The molecule has 140 valence electrons. The van der Waals surface area contributed by atoms with E-state index in [-0.39, 0.29) is 17.4 Å². The minimum absolute atomic E-state index is 0.0366. The first-order valence-electron chi connectivity index (χ1n) is 8.94. The lowest BCUT2D eigenvalue weighted by Gasteiger charge is -2.27. The average molecular weight is 384 g/mol. The van der Waals surface area contributed by atoms with Crippen molar-refractivity contribution in [3.8, 4) is 0 Å². The summed E-state index contributed by atoms with van der Waals surface area (Å²) in [5.74, 6) is 0.0366. The Morgan fingerprint density at radius 1 is 1.19 bits per heavy atom. The van der Waals surface area contributed by atoms with Crippen molar-refractivity contribution in [3.63, 3.8) is 0 Å². The van der Waals surface area contributed by atoms with Crippen LogP contribution in [0.1, 0.15) is 25.8 Å². The summed E-state index contributed by atoms with van der Waals surface area (Å²) in [6.07, 6.45) is 1.61. The Morgan fingerprint density at radius 3 is 2.70 bits per heavy atom. The first-order chi connectivity index (χ1) is 13.0. The molecule has 3 rings (SSSR count). The van der Waals surface area contributed by atoms with Crippen LogP contribution in [0.3, 0.4) is 0 Å². The predicted octanol–water partition coefficient (Wildman–Crippen LogP) is 3.88. The number of carbonyl (C=O) groups excluding carboxylic acids is 1. The summed E-state index contributed by atoms with van der Waals surface area (Å²) in [5, 5.41) is 5.46. The highest BCUT2D eigenvalue weighted by Crippen LogP contribution is 2.16. The Morgan fingerprint density at radius 2 is 1.96 bits per heavy atom. The van der Waals surface area contributed by atoms with Gasteiger partial charge in [-0.2, -0.15) is 5.10 Å². The monoisotopic (exact) mass is 383 g/mol. The first-order valence-corrected chi connectivity index (χ1v) is 9.32. The van der Waals surface area contributed by atoms with E-state index in [4.69, 9.17) is 11.6 Å². The molecular formula is C21H22ClN3O2. The highest BCUT2D eigenvalue weighted by Gasteiger charge is 2.18. The summed E-state index contributed by atoms with van der Waals surface area (Å²) in [5.41, 5.74) is 1.62. The van der Waals surface area contributed by atoms with E-state index in [2.05, 4.69) is 5.10 Å². The number of hydrogen-bond donors (Lipinski definition) is 0. The zero-order valence-corrected chi connectivity index (χ0v) is 16.2. The van der Waals surface area contributed by atoms with Crippen LogP contribution in [0, 0.1) is 0 Å². The molecule has 0 aliphatic carbocycles. The maximum absolute atomic E-state index is 12.8. The zero-order valence-electron chi connectivity index (χ0n) is 15.4. The van der Waals surface area contributed by atoms with Crippen molar-refractivity contribution in [1.29, 1.82) is 0 Å². The Hall–Kier alpha value is -2.66. The molecule has 0 saturated carbocycles. The van der Waals surface area contributed by atoms with Gasteiger partial charge in [-0.05, 0) is 43.7 Å². The number of nitrogens with zero attached hydrogens (tertiary/aromatic N) is 3. The lowest BCUT2D eigenvalue weighted by Crippen LogP contribution is -2.37. The van der Waals surface area contributed by atoms with Crippen molar-refractivity contribution < 1.29 is 4.79 Å². The molecular weight excluding hydrogens is 362 g/mol. The van der Waals surface area contributed by atoms with Gasteiger partial charge in [-0.1, -0.05) is 35.9 Å². The molecule has 1 aromatic heterocycles. The topological polar surface area (TPSA) is 55.2 Å². The van der Waals surface area contributed by atoms with E-state index in [1.54, 1.807) is 10.7 Å². The third-order valence-corrected chi connectivity index (χ3v) is 4.72. The van der Waals surface area contributed by atoms with Crippen molar-refractivity contribution in [1.82, 2.24) is 14.7 Å². The van der Waals surface area contributed by atoms with E-state index in [0.29, 0.717) is 29.9 Å². The van der Waals surface area contributed by atoms with Crippen LogP contribution in [0.4, 0.5) is 0 Å². The van der Waals surface area contributed by atoms with E-state index < -0.39 is 0 Å². The molecule has 0 aliphatic rings. The molecule has 6 heteroatoms. The Balaban J connectivity index is 1.75. The molecule has 0 atom stereocenters. The van der Waals surface area contributed by atoms with Gasteiger partial charge in [0.1, 0.15) is 0 Å². The van der Waals surface area contributed by atoms with E-state index in [0.717, 1.165) is 11.1 Å². The molecule has 2 aromatic carbocycles. The van der Waals surface area contributed by atoms with Crippen molar-refractivity contribution in [2.75, 3.05) is 0 Å². The molecule has 0 N–H and O–H groups in total. The van der Waals surface area contributed by atoms with Gasteiger partial charge < -0.3 is 4.90 Å². The lowest BCUT2D eigenvalue weighted by molar-refractivity contribution is -0.133. The number of halogens is 1. The summed E-state index contributed by atoms with van der Waals surface area (Å²) in [7, 11) is 0. The number of benzene rings is 2. The third-order valence-electron chi connectivity index (χ3n) is 4.49. The van der Waals surface area contributed by atoms with Crippen molar-refractivity contribution in [2.24, 2.45) is 0 Å². The van der Waals surface area contributed by atoms with Gasteiger partial charge in [0.25, 0.3) is 0 Å². The molecule has 5 nitrogen and oxygen atoms in total. The van der Waals surface area contributed by atoms with Crippen molar-refractivity contribution in [2.45, 2.75) is 39.4 Å². The van der Waals surface area contributed by atoms with Crippen molar-refractivity contribution >= 4 is 28.4 Å². The molecule has 1 heterocycles. The van der Waals surface area contributed by atoms with Crippen LogP contribution >= 0.6 is 11.6 Å². The average Bonchev–Trinajstić information content (AvgIpc) is 2.65. The van der Waals surface area contributed by atoms with E-state index in [1.807, 2.05) is 61.2 Å². The van der Waals surface area contributed by atoms with Crippen LogP contribution in [-0.2, 0) is 17.9 Å². The van der Waals surface area contributed by atoms with Crippen molar-refractivity contribution in [3.05, 3.63) is 75.5 Å². The van der Waals surface area contributed by atoms with E-state index >= 15 is 0 Å². The molecule has 0 aliphatic heterocycles. The number of aromatic nitrogens is 2. The summed E-state index contributed by atoms with van der Waals surface area (Å²) in [6, 6.07) is 14.9. The zero-order chi connectivity index (χ0) is 19.4. The number of rotatable bonds is 6. The summed E-state index contributed by atoms with van der Waals surface area (Å²) in [4.78, 5) is 26.6. The van der Waals surface area contributed by atoms with Gasteiger partial charge >= 0.3 is 0 Å². The molecule has 0 unspecified atom stereocenters. The van der Waals surface area contributed by atoms with Gasteiger partial charge in [0.2, 0.25) is 11.3 Å². The van der Waals surface area contributed by atoms with Gasteiger partial charge in [-0.3, -0.25) is 14.3 Å². The van der Waals surface area contributed by atoms with E-state index in [1.165, 1.54) is 6.20 Å². The standard InChI is InChI=1S/C21H22ClN3O2/c1-15(2)24(14-16-6-5-7-17(22)12-16)21(27)10-11-25-19-9-4-3-8-18(19)20(26)13-23-25/h3-9,12-13,15H,10-11,14H2,1-2H3. The molecule has 0 spiro atoms. The fourth-order valence-electron chi connectivity index (χ4n) is 3.08. The van der Waals surface area contributed by atoms with E-state index in [9.17, 15) is 9.59 Å². The van der Waals surface area contributed by atoms with Gasteiger partial charge in [-0.15, -0.1) is 0 Å². The first kappa shape index (κ1) is 19.1. The molecule has 27 heavy (non-hydrogen) atoms. The minimum Gasteiger partial charge on any atom is -0.336 e. The Labute approximate surface area is 163 Å². The molecule has 3 aromatic rings. The van der Waals surface area contributed by atoms with Gasteiger partial charge in [0.15, 0.2) is 0 Å². The third kappa shape index (κ3) is 4.55. The molecule has 0 bridgehead atoms. The fraction of sp³-hybridized carbons (Fsp3) is 0.286. The number of carbonyl (C=O) groups is 1. The number of amides is 1. The normalized spacial score (nSPS) is 11.1. The molecule has 0 radical (unpaired) electrons. The van der Waals surface area contributed by atoms with Crippen LogP contribution in [0.25, 0.3) is 10.9 Å². The smallest absolute Gasteiger partial charge is 0.224 e. The van der Waals surface area contributed by atoms with Gasteiger partial charge in [0, 0.05) is 29.4 Å². The number of fused-ring (bicyclic) bond motifs is 1. The quantitative estimate of drug-likeness (QED) is 0.649.